The molecule has 1 aliphatic carbocycles. The molecule has 4 rings (SSSR count). The first-order chi connectivity index (χ1) is 15.0. The second kappa shape index (κ2) is 9.18. The summed E-state index contributed by atoms with van der Waals surface area (Å²) in [6.07, 6.45) is 3.77. The first kappa shape index (κ1) is 20.9. The summed E-state index contributed by atoms with van der Waals surface area (Å²) in [7, 11) is 4.11. The Kier molecular flexibility index (Phi) is 6.18. The van der Waals surface area contributed by atoms with Gasteiger partial charge in [-0.05, 0) is 87.6 Å². The van der Waals surface area contributed by atoms with Crippen LogP contribution in [0.1, 0.15) is 39.1 Å². The van der Waals surface area contributed by atoms with E-state index in [2.05, 4.69) is 29.6 Å². The monoisotopic (exact) mass is 417 g/mol. The lowest BCUT2D eigenvalue weighted by Crippen LogP contribution is -2.16. The topological polar surface area (TPSA) is 74.6 Å². The molecule has 31 heavy (non-hydrogen) atoms. The number of benzene rings is 2. The molecule has 0 unspecified atom stereocenters. The summed E-state index contributed by atoms with van der Waals surface area (Å²) in [5.74, 6) is 0.556. The van der Waals surface area contributed by atoms with E-state index in [1.807, 2.05) is 30.3 Å². The van der Waals surface area contributed by atoms with Crippen molar-refractivity contribution in [3.63, 3.8) is 0 Å². The molecule has 0 atom stereocenters. The van der Waals surface area contributed by atoms with Crippen molar-refractivity contribution in [2.45, 2.75) is 19.3 Å². The van der Waals surface area contributed by atoms with E-state index >= 15 is 0 Å². The van der Waals surface area contributed by atoms with E-state index in [4.69, 9.17) is 4.42 Å². The normalized spacial score (nSPS) is 12.8. The third kappa shape index (κ3) is 4.70. The Morgan fingerprint density at radius 2 is 1.87 bits per heavy atom. The van der Waals surface area contributed by atoms with Crippen LogP contribution in [0, 0.1) is 0 Å². The van der Waals surface area contributed by atoms with Gasteiger partial charge < -0.3 is 20.0 Å². The molecular formula is C25H27N3O3. The Hall–Kier alpha value is -3.38. The van der Waals surface area contributed by atoms with Gasteiger partial charge in [0.25, 0.3) is 5.91 Å². The Morgan fingerprint density at radius 3 is 2.58 bits per heavy atom. The second-order valence-electron chi connectivity index (χ2n) is 8.03. The number of rotatable bonds is 8. The van der Waals surface area contributed by atoms with Crippen molar-refractivity contribution >= 4 is 23.1 Å². The molecule has 2 aromatic carbocycles. The fourth-order valence-corrected chi connectivity index (χ4v) is 3.92. The number of nitrogens with zero attached hydrogens (tertiary/aromatic N) is 1. The lowest BCUT2D eigenvalue weighted by Gasteiger charge is -2.13. The predicted molar refractivity (Wildman–Crippen MR) is 123 cm³/mol. The van der Waals surface area contributed by atoms with Crippen LogP contribution in [0.25, 0.3) is 11.3 Å². The number of Topliss-reactive ketones (excluding diaryl/α,β-unsaturated/α-hetero) is 1. The summed E-state index contributed by atoms with van der Waals surface area (Å²) in [5, 5.41) is 6.29. The van der Waals surface area contributed by atoms with Gasteiger partial charge in [-0.2, -0.15) is 0 Å². The van der Waals surface area contributed by atoms with Crippen LogP contribution in [0.5, 0.6) is 0 Å². The van der Waals surface area contributed by atoms with Crippen molar-refractivity contribution in [1.82, 2.24) is 4.90 Å². The number of amides is 1. The number of nitrogens with one attached hydrogen (secondary N) is 2. The highest BCUT2D eigenvalue weighted by Gasteiger charge is 2.27. The van der Waals surface area contributed by atoms with Gasteiger partial charge in [-0.1, -0.05) is 0 Å². The highest BCUT2D eigenvalue weighted by Crippen LogP contribution is 2.37. The molecule has 0 aliphatic heterocycles. The number of ketones is 1. The molecule has 6 nitrogen and oxygen atoms in total. The molecule has 0 saturated carbocycles. The molecule has 0 radical (unpaired) electrons. The van der Waals surface area contributed by atoms with Gasteiger partial charge in [-0.3, -0.25) is 9.59 Å². The largest absolute Gasteiger partial charge is 0.464 e. The van der Waals surface area contributed by atoms with Crippen LogP contribution in [0.3, 0.4) is 0 Å². The van der Waals surface area contributed by atoms with E-state index in [9.17, 15) is 9.59 Å². The zero-order chi connectivity index (χ0) is 21.8. The highest BCUT2D eigenvalue weighted by molar-refractivity contribution is 6.12. The number of hydrogen-bond donors (Lipinski definition) is 2. The van der Waals surface area contributed by atoms with Gasteiger partial charge in [-0.15, -0.1) is 0 Å². The van der Waals surface area contributed by atoms with E-state index < -0.39 is 0 Å². The third-order valence-corrected chi connectivity index (χ3v) is 5.49. The third-order valence-electron chi connectivity index (χ3n) is 5.49. The fraction of sp³-hybridized carbons (Fsp3) is 0.280. The van der Waals surface area contributed by atoms with E-state index in [1.165, 1.54) is 0 Å². The summed E-state index contributed by atoms with van der Waals surface area (Å²) in [5.41, 5.74) is 4.54. The molecular weight excluding hydrogens is 390 g/mol. The van der Waals surface area contributed by atoms with Gasteiger partial charge >= 0.3 is 0 Å². The summed E-state index contributed by atoms with van der Waals surface area (Å²) >= 11 is 0. The Balaban J connectivity index is 1.47. The van der Waals surface area contributed by atoms with E-state index in [-0.39, 0.29) is 11.7 Å². The quantitative estimate of drug-likeness (QED) is 0.520. The van der Waals surface area contributed by atoms with Crippen LogP contribution in [0.2, 0.25) is 0 Å². The molecule has 1 aromatic heterocycles. The summed E-state index contributed by atoms with van der Waals surface area (Å²) in [6.45, 7) is 1.90. The van der Waals surface area contributed by atoms with Gasteiger partial charge in [-0.25, -0.2) is 0 Å². The predicted octanol–water partition coefficient (Wildman–Crippen LogP) is 4.69. The van der Waals surface area contributed by atoms with Crippen LogP contribution in [-0.2, 0) is 6.42 Å². The molecule has 1 heterocycles. The maximum Gasteiger partial charge on any atom is 0.255 e. The SMILES string of the molecule is CN(C)CCCNc1ccc(C(=O)Nc2ccc(-c3ccco3)c3c2C(=O)CC3)cc1. The molecule has 3 aromatic rings. The molecule has 2 N–H and O–H groups in total. The molecule has 0 saturated heterocycles. The van der Waals surface area contributed by atoms with Crippen LogP contribution in [0.15, 0.2) is 59.2 Å². The standard InChI is InChI=1S/C25H27N3O3/c1-28(2)15-4-14-26-18-8-6-17(7-9-18)25(30)27-21-12-10-19(23-5-3-16-31-23)20-11-13-22(29)24(20)21/h3,5-10,12,16,26H,4,11,13-15H2,1-2H3,(H,27,30). The maximum atomic E-state index is 12.8. The van der Waals surface area contributed by atoms with Crippen molar-refractivity contribution in [3.05, 3.63) is 71.5 Å². The number of fused-ring (bicyclic) bond motifs is 1. The minimum absolute atomic E-state index is 0.0518. The number of furan rings is 1. The van der Waals surface area contributed by atoms with E-state index in [0.717, 1.165) is 42.1 Å². The number of hydrogen-bond acceptors (Lipinski definition) is 5. The van der Waals surface area contributed by atoms with E-state index in [0.29, 0.717) is 29.7 Å². The lowest BCUT2D eigenvalue weighted by atomic mass is 9.99. The molecule has 1 amide bonds. The number of anilines is 2. The second-order valence-corrected chi connectivity index (χ2v) is 8.03. The summed E-state index contributed by atoms with van der Waals surface area (Å²) in [6, 6.07) is 14.8. The van der Waals surface area contributed by atoms with Crippen molar-refractivity contribution < 1.29 is 14.0 Å². The first-order valence-corrected chi connectivity index (χ1v) is 10.6. The smallest absolute Gasteiger partial charge is 0.255 e. The Morgan fingerprint density at radius 1 is 1.06 bits per heavy atom. The van der Waals surface area contributed by atoms with Crippen LogP contribution in [0.4, 0.5) is 11.4 Å². The fourth-order valence-electron chi connectivity index (χ4n) is 3.92. The van der Waals surface area contributed by atoms with Crippen molar-refractivity contribution in [2.75, 3.05) is 37.8 Å². The average Bonchev–Trinajstić information content (AvgIpc) is 3.42. The van der Waals surface area contributed by atoms with Gasteiger partial charge in [0.1, 0.15) is 5.76 Å². The van der Waals surface area contributed by atoms with E-state index in [1.54, 1.807) is 24.5 Å². The van der Waals surface area contributed by atoms with Crippen LogP contribution < -0.4 is 10.6 Å². The molecule has 0 spiro atoms. The Bertz CT molecular complexity index is 1070. The molecule has 0 bridgehead atoms. The molecule has 1 aliphatic rings. The van der Waals surface area contributed by atoms with Crippen molar-refractivity contribution in [2.24, 2.45) is 0 Å². The zero-order valence-electron chi connectivity index (χ0n) is 17.9. The molecule has 160 valence electrons. The molecule has 6 heteroatoms. The number of carbonyl (C=O) groups is 2. The van der Waals surface area contributed by atoms with Crippen LogP contribution in [-0.4, -0.2) is 43.8 Å². The Labute approximate surface area is 182 Å². The van der Waals surface area contributed by atoms with Crippen LogP contribution >= 0.6 is 0 Å². The van der Waals surface area contributed by atoms with Crippen molar-refractivity contribution in [3.8, 4) is 11.3 Å². The highest BCUT2D eigenvalue weighted by atomic mass is 16.3. The average molecular weight is 418 g/mol. The lowest BCUT2D eigenvalue weighted by molar-refractivity contribution is 0.0995. The zero-order valence-corrected chi connectivity index (χ0v) is 17.9. The summed E-state index contributed by atoms with van der Waals surface area (Å²) < 4.78 is 5.52. The van der Waals surface area contributed by atoms with Gasteiger partial charge in [0, 0.05) is 35.3 Å². The van der Waals surface area contributed by atoms with Gasteiger partial charge in [0.15, 0.2) is 5.78 Å². The number of carbonyl (C=O) groups excluding carboxylic acids is 2. The van der Waals surface area contributed by atoms with Gasteiger partial charge in [0.05, 0.1) is 12.0 Å². The molecule has 0 fully saturated rings. The van der Waals surface area contributed by atoms with Gasteiger partial charge in [0.2, 0.25) is 0 Å². The maximum absolute atomic E-state index is 12.8. The minimum atomic E-state index is -0.230. The first-order valence-electron chi connectivity index (χ1n) is 10.6. The summed E-state index contributed by atoms with van der Waals surface area (Å²) in [4.78, 5) is 27.5. The van der Waals surface area contributed by atoms with Crippen molar-refractivity contribution in [1.29, 1.82) is 0 Å². The minimum Gasteiger partial charge on any atom is -0.464 e.